The molecule has 1 atom stereocenters. The highest BCUT2D eigenvalue weighted by Gasteiger charge is 2.25. The van der Waals surface area contributed by atoms with Gasteiger partial charge in [0.05, 0.1) is 34.4 Å². The first kappa shape index (κ1) is 32.3. The fraction of sp³-hybridized carbons (Fsp3) is 0.306. The second-order valence-electron chi connectivity index (χ2n) is 11.8. The van der Waals surface area contributed by atoms with Crippen LogP contribution < -0.4 is 9.80 Å². The molecular weight excluding hydrogens is 602 g/mol. The summed E-state index contributed by atoms with van der Waals surface area (Å²) in [7, 11) is 8.45. The lowest BCUT2D eigenvalue weighted by atomic mass is 10.1. The van der Waals surface area contributed by atoms with Crippen LogP contribution in [0.3, 0.4) is 0 Å². The summed E-state index contributed by atoms with van der Waals surface area (Å²) in [4.78, 5) is 14.3. The van der Waals surface area contributed by atoms with Gasteiger partial charge in [0.2, 0.25) is 0 Å². The predicted octanol–water partition coefficient (Wildman–Crippen LogP) is 9.25. The lowest BCUT2D eigenvalue weighted by Crippen LogP contribution is -2.31. The van der Waals surface area contributed by atoms with Gasteiger partial charge in [-0.3, -0.25) is 0 Å². The molecule has 2 aliphatic heterocycles. The number of para-hydroxylation sites is 2. The largest absolute Gasteiger partial charge is 0.340 e. The Hall–Kier alpha value is -3.12. The quantitative estimate of drug-likeness (QED) is 0.190. The molecule has 5 nitrogen and oxygen atoms in total. The van der Waals surface area contributed by atoms with E-state index in [9.17, 15) is 5.26 Å². The molecule has 4 aromatic rings. The summed E-state index contributed by atoms with van der Waals surface area (Å²) in [6.45, 7) is 6.35. The van der Waals surface area contributed by atoms with Crippen LogP contribution in [0.5, 0.6) is 0 Å². The molecule has 0 aliphatic carbocycles. The van der Waals surface area contributed by atoms with E-state index in [0.29, 0.717) is 11.5 Å². The Morgan fingerprint density at radius 2 is 1.30 bits per heavy atom. The van der Waals surface area contributed by atoms with Crippen LogP contribution in [-0.4, -0.2) is 64.2 Å². The zero-order valence-corrected chi connectivity index (χ0v) is 28.5. The molecule has 0 aromatic heterocycles. The maximum absolute atomic E-state index is 9.24. The lowest BCUT2D eigenvalue weighted by Gasteiger charge is -2.35. The molecule has 4 aromatic carbocycles. The third-order valence-corrected chi connectivity index (χ3v) is 10.00. The topological polar surface area (TPSA) is 36.8 Å². The van der Waals surface area contributed by atoms with E-state index in [0.717, 1.165) is 43.3 Å². The van der Waals surface area contributed by atoms with Crippen LogP contribution in [0.15, 0.2) is 105 Å². The molecule has 228 valence electrons. The second-order valence-corrected chi connectivity index (χ2v) is 14.4. The lowest BCUT2D eigenvalue weighted by molar-refractivity contribution is 0.343. The van der Waals surface area contributed by atoms with Gasteiger partial charge in [0, 0.05) is 44.2 Å². The van der Waals surface area contributed by atoms with Gasteiger partial charge in [0.1, 0.15) is 0 Å². The molecule has 0 fully saturated rings. The predicted molar refractivity (Wildman–Crippen MR) is 189 cm³/mol. The van der Waals surface area contributed by atoms with E-state index >= 15 is 0 Å². The van der Waals surface area contributed by atoms with Crippen LogP contribution in [0.4, 0.5) is 22.7 Å². The van der Waals surface area contributed by atoms with Gasteiger partial charge in [0.25, 0.3) is 0 Å². The monoisotopic (exact) mass is 641 g/mol. The zero-order valence-electron chi connectivity index (χ0n) is 26.1. The Kier molecular flexibility index (Phi) is 10.8. The Morgan fingerprint density at radius 1 is 0.727 bits per heavy atom. The van der Waals surface area contributed by atoms with Crippen molar-refractivity contribution in [2.75, 3.05) is 64.2 Å². The van der Waals surface area contributed by atoms with Crippen molar-refractivity contribution < 1.29 is 0 Å². The molecule has 0 saturated heterocycles. The van der Waals surface area contributed by atoms with Crippen LogP contribution >= 0.6 is 35.1 Å². The first-order chi connectivity index (χ1) is 21.2. The highest BCUT2D eigenvalue weighted by atomic mass is 35.5. The highest BCUT2D eigenvalue weighted by molar-refractivity contribution is 8.00. The minimum absolute atomic E-state index is 0.528. The molecule has 6 rings (SSSR count). The van der Waals surface area contributed by atoms with Gasteiger partial charge >= 0.3 is 0 Å². The molecule has 2 aliphatic rings. The molecule has 0 radical (unpaired) electrons. The van der Waals surface area contributed by atoms with Crippen LogP contribution in [0.1, 0.15) is 18.9 Å². The molecule has 2 heterocycles. The fourth-order valence-corrected chi connectivity index (χ4v) is 8.00. The van der Waals surface area contributed by atoms with Crippen molar-refractivity contribution >= 4 is 57.9 Å². The second kappa shape index (κ2) is 14.8. The molecule has 0 amide bonds. The number of nitriles is 1. The average molecular weight is 642 g/mol. The van der Waals surface area contributed by atoms with Crippen molar-refractivity contribution in [2.45, 2.75) is 32.9 Å². The first-order valence-corrected chi connectivity index (χ1v) is 17.0. The van der Waals surface area contributed by atoms with Gasteiger partial charge in [-0.15, -0.1) is 0 Å². The van der Waals surface area contributed by atoms with E-state index in [1.807, 2.05) is 30.0 Å². The third-order valence-electron chi connectivity index (χ3n) is 7.50. The number of benzene rings is 4. The summed E-state index contributed by atoms with van der Waals surface area (Å²) in [5, 5.41) is 10.0. The molecule has 0 bridgehead atoms. The van der Waals surface area contributed by atoms with E-state index in [1.54, 1.807) is 11.8 Å². The number of rotatable bonds is 8. The summed E-state index contributed by atoms with van der Waals surface area (Å²) < 4.78 is 0. The summed E-state index contributed by atoms with van der Waals surface area (Å²) in [5.74, 6) is 0.528. The number of hydrogen-bond acceptors (Lipinski definition) is 7. The van der Waals surface area contributed by atoms with Crippen LogP contribution in [-0.2, 0) is 0 Å². The van der Waals surface area contributed by atoms with Crippen molar-refractivity contribution in [3.05, 3.63) is 95.5 Å². The Balaban J connectivity index is 0.000000175. The fourth-order valence-electron chi connectivity index (χ4n) is 5.68. The van der Waals surface area contributed by atoms with E-state index < -0.39 is 0 Å². The third kappa shape index (κ3) is 7.74. The van der Waals surface area contributed by atoms with Crippen molar-refractivity contribution in [1.29, 1.82) is 5.26 Å². The van der Waals surface area contributed by atoms with Gasteiger partial charge in [0.15, 0.2) is 0 Å². The Morgan fingerprint density at radius 3 is 1.91 bits per heavy atom. The van der Waals surface area contributed by atoms with Gasteiger partial charge in [-0.2, -0.15) is 5.26 Å². The Labute approximate surface area is 276 Å². The first-order valence-electron chi connectivity index (χ1n) is 15.0. The van der Waals surface area contributed by atoms with E-state index in [2.05, 4.69) is 128 Å². The molecule has 0 saturated carbocycles. The van der Waals surface area contributed by atoms with E-state index in [4.69, 9.17) is 11.6 Å². The smallest absolute Gasteiger partial charge is 0.0992 e. The van der Waals surface area contributed by atoms with Crippen LogP contribution in [0, 0.1) is 17.2 Å². The summed E-state index contributed by atoms with van der Waals surface area (Å²) in [6.07, 6.45) is 1.12. The molecule has 0 N–H and O–H groups in total. The van der Waals surface area contributed by atoms with Crippen molar-refractivity contribution in [3.63, 3.8) is 0 Å². The van der Waals surface area contributed by atoms with Gasteiger partial charge in [-0.1, -0.05) is 66.3 Å². The maximum atomic E-state index is 9.24. The Bertz CT molecular complexity index is 1630. The van der Waals surface area contributed by atoms with Crippen molar-refractivity contribution in [3.8, 4) is 6.07 Å². The molecule has 44 heavy (non-hydrogen) atoms. The molecule has 0 spiro atoms. The van der Waals surface area contributed by atoms with Crippen LogP contribution in [0.25, 0.3) is 0 Å². The summed E-state index contributed by atoms with van der Waals surface area (Å²) in [6, 6.07) is 31.5. The molecular formula is C36H40ClN5S2. The van der Waals surface area contributed by atoms with Crippen LogP contribution in [0.2, 0.25) is 5.02 Å². The number of hydrogen-bond donors (Lipinski definition) is 0. The molecule has 1 unspecified atom stereocenters. The van der Waals surface area contributed by atoms with E-state index in [-0.39, 0.29) is 0 Å². The number of halogens is 1. The van der Waals surface area contributed by atoms with Crippen molar-refractivity contribution in [1.82, 2.24) is 9.80 Å². The number of fused-ring (bicyclic) bond motifs is 4. The normalized spacial score (nSPS) is 13.7. The number of anilines is 4. The zero-order chi connectivity index (χ0) is 31.2. The minimum Gasteiger partial charge on any atom is -0.340 e. The minimum atomic E-state index is 0.528. The highest BCUT2D eigenvalue weighted by Crippen LogP contribution is 2.49. The summed E-state index contributed by atoms with van der Waals surface area (Å²) >= 11 is 9.82. The van der Waals surface area contributed by atoms with Gasteiger partial charge < -0.3 is 19.6 Å². The van der Waals surface area contributed by atoms with Gasteiger partial charge in [-0.25, -0.2) is 0 Å². The number of nitrogens with zero attached hydrogens (tertiary/aromatic N) is 5. The van der Waals surface area contributed by atoms with Crippen molar-refractivity contribution in [2.24, 2.45) is 5.92 Å². The SMILES string of the molecule is CC(CN(C)C)CN1c2ccccc2Sc2ccc(C#N)cc21.CN(C)CCCN1c2ccccc2Sc2ccc(Cl)cc21. The maximum Gasteiger partial charge on any atom is 0.0992 e. The summed E-state index contributed by atoms with van der Waals surface area (Å²) in [5.41, 5.74) is 5.62. The molecule has 8 heteroatoms. The van der Waals surface area contributed by atoms with E-state index in [1.165, 1.54) is 36.6 Å². The van der Waals surface area contributed by atoms with Gasteiger partial charge in [-0.05, 0) is 108 Å². The average Bonchev–Trinajstić information content (AvgIpc) is 3.00. The standard InChI is InChI=1S/C19H21N3S.C17H19ClN2S/c1-14(12-21(2)3)13-22-16-6-4-5-7-18(16)23-19-9-8-15(11-20)10-17(19)22;1-19(2)10-5-11-20-14-6-3-4-7-16(14)21-17-9-8-13(18)12-15(17)20/h4-10,14H,12-13H2,1-3H3;3-4,6-9,12H,5,10-11H2,1-2H3.